The van der Waals surface area contributed by atoms with Crippen molar-refractivity contribution in [2.45, 2.75) is 25.3 Å². The van der Waals surface area contributed by atoms with Gasteiger partial charge < -0.3 is 9.80 Å². The van der Waals surface area contributed by atoms with E-state index >= 15 is 0 Å². The first-order valence-electron chi connectivity index (χ1n) is 7.96. The van der Waals surface area contributed by atoms with Crippen LogP contribution in [0.1, 0.15) is 29.6 Å². The fourth-order valence-corrected chi connectivity index (χ4v) is 3.49. The van der Waals surface area contributed by atoms with Gasteiger partial charge in [0.2, 0.25) is 0 Å². The van der Waals surface area contributed by atoms with E-state index in [1.807, 2.05) is 43.3 Å². The smallest absolute Gasteiger partial charge is 0.253 e. The predicted octanol–water partition coefficient (Wildman–Crippen LogP) is 2.06. The van der Waals surface area contributed by atoms with Crippen LogP contribution < -0.4 is 4.90 Å². The van der Waals surface area contributed by atoms with E-state index < -0.39 is 0 Å². The highest BCUT2D eigenvalue weighted by Gasteiger charge is 2.30. The zero-order valence-corrected chi connectivity index (χ0v) is 13.1. The number of benzene rings is 1. The summed E-state index contributed by atoms with van der Waals surface area (Å²) in [6, 6.07) is 8.53. The second-order valence-electron chi connectivity index (χ2n) is 6.38. The third-order valence-electron chi connectivity index (χ3n) is 4.70. The van der Waals surface area contributed by atoms with Crippen LogP contribution >= 0.6 is 0 Å². The summed E-state index contributed by atoms with van der Waals surface area (Å²) < 4.78 is 0. The van der Waals surface area contributed by atoms with Gasteiger partial charge in [-0.25, -0.2) is 0 Å². The van der Waals surface area contributed by atoms with Crippen molar-refractivity contribution < 1.29 is 4.79 Å². The maximum absolute atomic E-state index is 12.8. The largest absolute Gasteiger partial charge is 0.378 e. The number of hydrogen-bond donors (Lipinski definition) is 0. The van der Waals surface area contributed by atoms with Crippen molar-refractivity contribution in [2.75, 3.05) is 45.2 Å². The van der Waals surface area contributed by atoms with Crippen LogP contribution in [0, 0.1) is 0 Å². The molecule has 1 aromatic rings. The Labute approximate surface area is 127 Å². The third kappa shape index (κ3) is 3.05. The maximum atomic E-state index is 12.8. The number of amides is 1. The molecule has 2 saturated heterocycles. The Morgan fingerprint density at radius 1 is 1.19 bits per heavy atom. The first-order chi connectivity index (χ1) is 10.1. The SMILES string of the molecule is CN(C)c1cccc(C(=O)N2CCCN3CCCC3C2)c1. The van der Waals surface area contributed by atoms with Gasteiger partial charge in [0.15, 0.2) is 0 Å². The molecule has 0 spiro atoms. The van der Waals surface area contributed by atoms with Gasteiger partial charge in [0.1, 0.15) is 0 Å². The molecule has 0 saturated carbocycles. The van der Waals surface area contributed by atoms with E-state index in [1.165, 1.54) is 19.4 Å². The zero-order valence-electron chi connectivity index (χ0n) is 13.1. The Morgan fingerprint density at radius 2 is 2.00 bits per heavy atom. The lowest BCUT2D eigenvalue weighted by Crippen LogP contribution is -2.39. The number of rotatable bonds is 2. The molecule has 1 atom stereocenters. The molecule has 114 valence electrons. The number of carbonyl (C=O) groups excluding carboxylic acids is 1. The monoisotopic (exact) mass is 287 g/mol. The molecule has 3 rings (SSSR count). The quantitative estimate of drug-likeness (QED) is 0.833. The molecule has 0 aromatic heterocycles. The van der Waals surface area contributed by atoms with Crippen molar-refractivity contribution in [1.82, 2.24) is 9.80 Å². The van der Waals surface area contributed by atoms with Crippen molar-refractivity contribution in [3.63, 3.8) is 0 Å². The van der Waals surface area contributed by atoms with E-state index in [2.05, 4.69) is 9.80 Å². The first-order valence-corrected chi connectivity index (χ1v) is 7.96. The standard InChI is InChI=1S/C17H25N3O/c1-18(2)15-7-3-6-14(12-15)17(21)20-11-5-10-19-9-4-8-16(19)13-20/h3,6-7,12,16H,4-5,8-11,13H2,1-2H3. The second-order valence-corrected chi connectivity index (χ2v) is 6.38. The summed E-state index contributed by atoms with van der Waals surface area (Å²) in [6.45, 7) is 4.14. The molecule has 0 bridgehead atoms. The molecule has 1 amide bonds. The summed E-state index contributed by atoms with van der Waals surface area (Å²) >= 11 is 0. The molecule has 2 aliphatic rings. The van der Waals surface area contributed by atoms with Crippen LogP contribution in [0.3, 0.4) is 0 Å². The summed E-state index contributed by atoms with van der Waals surface area (Å²) in [7, 11) is 4.01. The molecular weight excluding hydrogens is 262 g/mol. The van der Waals surface area contributed by atoms with E-state index in [9.17, 15) is 4.79 Å². The van der Waals surface area contributed by atoms with Crippen LogP contribution in [-0.4, -0.2) is 62.0 Å². The molecule has 4 heteroatoms. The Kier molecular flexibility index (Phi) is 4.15. The highest BCUT2D eigenvalue weighted by atomic mass is 16.2. The number of hydrogen-bond acceptors (Lipinski definition) is 3. The molecule has 2 fully saturated rings. The number of carbonyl (C=O) groups is 1. The topological polar surface area (TPSA) is 26.8 Å². The minimum Gasteiger partial charge on any atom is -0.378 e. The van der Waals surface area contributed by atoms with Crippen LogP contribution in [0.15, 0.2) is 24.3 Å². The molecule has 1 aromatic carbocycles. The molecule has 4 nitrogen and oxygen atoms in total. The van der Waals surface area contributed by atoms with Gasteiger partial charge in [-0.2, -0.15) is 0 Å². The van der Waals surface area contributed by atoms with Crippen molar-refractivity contribution in [3.05, 3.63) is 29.8 Å². The van der Waals surface area contributed by atoms with Crippen molar-refractivity contribution in [2.24, 2.45) is 0 Å². The van der Waals surface area contributed by atoms with Crippen LogP contribution in [-0.2, 0) is 0 Å². The summed E-state index contributed by atoms with van der Waals surface area (Å²) in [4.78, 5) is 19.5. The summed E-state index contributed by atoms with van der Waals surface area (Å²) in [5, 5.41) is 0. The van der Waals surface area contributed by atoms with Gasteiger partial charge in [0.25, 0.3) is 5.91 Å². The normalized spacial score (nSPS) is 22.8. The van der Waals surface area contributed by atoms with Gasteiger partial charge in [0, 0.05) is 51.0 Å². The molecular formula is C17H25N3O. The molecule has 1 unspecified atom stereocenters. The Hall–Kier alpha value is -1.55. The van der Waals surface area contributed by atoms with Crippen molar-refractivity contribution >= 4 is 11.6 Å². The summed E-state index contributed by atoms with van der Waals surface area (Å²) in [6.07, 6.45) is 3.61. The van der Waals surface area contributed by atoms with Crippen molar-refractivity contribution in [3.8, 4) is 0 Å². The highest BCUT2D eigenvalue weighted by molar-refractivity contribution is 5.95. The molecule has 0 N–H and O–H groups in total. The molecule has 0 aliphatic carbocycles. The first kappa shape index (κ1) is 14.4. The predicted molar refractivity (Wildman–Crippen MR) is 85.9 cm³/mol. The summed E-state index contributed by atoms with van der Waals surface area (Å²) in [5.41, 5.74) is 1.89. The lowest BCUT2D eigenvalue weighted by atomic mass is 10.1. The van der Waals surface area contributed by atoms with Crippen LogP contribution in [0.2, 0.25) is 0 Å². The Morgan fingerprint density at radius 3 is 2.81 bits per heavy atom. The Bertz CT molecular complexity index is 515. The lowest BCUT2D eigenvalue weighted by Gasteiger charge is -2.26. The van der Waals surface area contributed by atoms with Gasteiger partial charge in [0.05, 0.1) is 0 Å². The second kappa shape index (κ2) is 6.06. The van der Waals surface area contributed by atoms with Gasteiger partial charge in [-0.15, -0.1) is 0 Å². The summed E-state index contributed by atoms with van der Waals surface area (Å²) in [5.74, 6) is 0.187. The van der Waals surface area contributed by atoms with E-state index in [0.29, 0.717) is 6.04 Å². The van der Waals surface area contributed by atoms with E-state index in [0.717, 1.165) is 37.3 Å². The molecule has 21 heavy (non-hydrogen) atoms. The molecule has 0 radical (unpaired) electrons. The molecule has 2 heterocycles. The fourth-order valence-electron chi connectivity index (χ4n) is 3.49. The van der Waals surface area contributed by atoms with E-state index in [-0.39, 0.29) is 5.91 Å². The minimum absolute atomic E-state index is 0.187. The van der Waals surface area contributed by atoms with Crippen LogP contribution in [0.25, 0.3) is 0 Å². The number of nitrogens with zero attached hydrogens (tertiary/aromatic N) is 3. The minimum atomic E-state index is 0.187. The fraction of sp³-hybridized carbons (Fsp3) is 0.588. The number of anilines is 1. The van der Waals surface area contributed by atoms with Crippen LogP contribution in [0.4, 0.5) is 5.69 Å². The maximum Gasteiger partial charge on any atom is 0.253 e. The van der Waals surface area contributed by atoms with E-state index in [4.69, 9.17) is 0 Å². The molecule has 2 aliphatic heterocycles. The van der Waals surface area contributed by atoms with E-state index in [1.54, 1.807) is 0 Å². The van der Waals surface area contributed by atoms with Gasteiger partial charge in [-0.1, -0.05) is 6.07 Å². The number of fused-ring (bicyclic) bond motifs is 1. The highest BCUT2D eigenvalue weighted by Crippen LogP contribution is 2.23. The average molecular weight is 287 g/mol. The third-order valence-corrected chi connectivity index (χ3v) is 4.70. The Balaban J connectivity index is 1.76. The van der Waals surface area contributed by atoms with Crippen molar-refractivity contribution in [1.29, 1.82) is 0 Å². The van der Waals surface area contributed by atoms with Gasteiger partial charge >= 0.3 is 0 Å². The average Bonchev–Trinajstić information content (AvgIpc) is 2.83. The van der Waals surface area contributed by atoms with Crippen LogP contribution in [0.5, 0.6) is 0 Å². The zero-order chi connectivity index (χ0) is 14.8. The lowest BCUT2D eigenvalue weighted by molar-refractivity contribution is 0.0743. The van der Waals surface area contributed by atoms with Gasteiger partial charge in [-0.05, 0) is 44.0 Å². The van der Waals surface area contributed by atoms with Gasteiger partial charge in [-0.3, -0.25) is 9.69 Å².